The molecule has 144 valence electrons. The maximum Gasteiger partial charge on any atom is 0.390 e. The minimum atomic E-state index is -3.40. The number of carbonyl (C=O) groups excluding carboxylic acids is 1. The minimum absolute atomic E-state index is 0.0964. The van der Waals surface area contributed by atoms with Crippen molar-refractivity contribution in [3.63, 3.8) is 0 Å². The standard InChI is InChI=1S/C16H34NO5PS/c1-9-10-15(5,6)22-23(19,21-14(2,3)4)24-12-11-20-13(18)16(7,8)17/h9-12,17H2,1-8H3. The number of carbonyl (C=O) groups is 1. The number of esters is 1. The summed E-state index contributed by atoms with van der Waals surface area (Å²) in [6.07, 6.45) is 1.68. The van der Waals surface area contributed by atoms with Crippen LogP contribution in [0.1, 0.15) is 68.2 Å². The van der Waals surface area contributed by atoms with Gasteiger partial charge in [0.25, 0.3) is 0 Å². The van der Waals surface area contributed by atoms with Crippen LogP contribution in [0.3, 0.4) is 0 Å². The molecule has 24 heavy (non-hydrogen) atoms. The first-order valence-corrected chi connectivity index (χ1v) is 11.4. The van der Waals surface area contributed by atoms with Crippen molar-refractivity contribution < 1.29 is 23.1 Å². The van der Waals surface area contributed by atoms with E-state index in [0.717, 1.165) is 24.2 Å². The van der Waals surface area contributed by atoms with Gasteiger partial charge >= 0.3 is 12.8 Å². The maximum absolute atomic E-state index is 13.1. The molecular weight excluding hydrogens is 349 g/mol. The molecule has 0 amide bonds. The van der Waals surface area contributed by atoms with Crippen molar-refractivity contribution in [2.24, 2.45) is 5.73 Å². The van der Waals surface area contributed by atoms with Gasteiger partial charge in [-0.2, -0.15) is 0 Å². The van der Waals surface area contributed by atoms with Crippen molar-refractivity contribution in [3.8, 4) is 0 Å². The van der Waals surface area contributed by atoms with Crippen molar-refractivity contribution in [3.05, 3.63) is 0 Å². The lowest BCUT2D eigenvalue weighted by molar-refractivity contribution is -0.148. The van der Waals surface area contributed by atoms with E-state index in [2.05, 4.69) is 0 Å². The number of ether oxygens (including phenoxy) is 1. The fourth-order valence-electron chi connectivity index (χ4n) is 1.83. The first-order chi connectivity index (χ1) is 10.6. The molecule has 6 nitrogen and oxygen atoms in total. The summed E-state index contributed by atoms with van der Waals surface area (Å²) in [5.41, 5.74) is 3.45. The van der Waals surface area contributed by atoms with Crippen LogP contribution in [-0.4, -0.2) is 35.1 Å². The molecule has 0 aliphatic rings. The van der Waals surface area contributed by atoms with Gasteiger partial charge in [-0.15, -0.1) is 0 Å². The van der Waals surface area contributed by atoms with Gasteiger partial charge in [-0.25, -0.2) is 4.57 Å². The van der Waals surface area contributed by atoms with Gasteiger partial charge in [0.2, 0.25) is 0 Å². The molecule has 0 aromatic heterocycles. The Hall–Kier alpha value is -0.0700. The van der Waals surface area contributed by atoms with E-state index in [4.69, 9.17) is 19.5 Å². The summed E-state index contributed by atoms with van der Waals surface area (Å²) < 4.78 is 29.8. The molecule has 8 heteroatoms. The topological polar surface area (TPSA) is 87.9 Å². The SMILES string of the molecule is CCCC(C)(C)OP(=O)(OC(C)(C)C)SCCOC(=O)C(C)(C)N. The zero-order valence-corrected chi connectivity index (χ0v) is 18.0. The van der Waals surface area contributed by atoms with Gasteiger partial charge in [0.1, 0.15) is 12.1 Å². The zero-order valence-electron chi connectivity index (χ0n) is 16.3. The summed E-state index contributed by atoms with van der Waals surface area (Å²) in [5.74, 6) is -0.195. The molecule has 0 radical (unpaired) electrons. The van der Waals surface area contributed by atoms with Gasteiger partial charge in [0.05, 0.1) is 11.2 Å². The summed E-state index contributed by atoms with van der Waals surface area (Å²) in [5, 5.41) is 0. The molecule has 0 fully saturated rings. The van der Waals surface area contributed by atoms with Gasteiger partial charge in [0.15, 0.2) is 0 Å². The summed E-state index contributed by atoms with van der Waals surface area (Å²) in [6.45, 7) is 11.2. The Morgan fingerprint density at radius 2 is 1.62 bits per heavy atom. The molecule has 0 aromatic rings. The fourth-order valence-corrected chi connectivity index (χ4v) is 6.20. The molecule has 0 aliphatic carbocycles. The predicted octanol–water partition coefficient (Wildman–Crippen LogP) is 4.52. The molecule has 0 bridgehead atoms. The fraction of sp³-hybridized carbons (Fsp3) is 0.938. The Morgan fingerprint density at radius 1 is 1.08 bits per heavy atom. The molecule has 0 heterocycles. The van der Waals surface area contributed by atoms with Gasteiger partial charge in [-0.1, -0.05) is 13.3 Å². The Balaban J connectivity index is 4.80. The predicted molar refractivity (Wildman–Crippen MR) is 100 cm³/mol. The summed E-state index contributed by atoms with van der Waals surface area (Å²) >= 11 is 1.05. The highest BCUT2D eigenvalue weighted by Crippen LogP contribution is 2.65. The van der Waals surface area contributed by atoms with Crippen molar-refractivity contribution >= 4 is 24.1 Å². The third-order valence-electron chi connectivity index (χ3n) is 2.69. The molecule has 1 atom stereocenters. The highest BCUT2D eigenvalue weighted by atomic mass is 32.7. The molecule has 0 spiro atoms. The smallest absolute Gasteiger partial charge is 0.390 e. The second-order valence-corrected chi connectivity index (χ2v) is 12.0. The van der Waals surface area contributed by atoms with Crippen LogP contribution in [0.5, 0.6) is 0 Å². The Kier molecular flexibility index (Phi) is 9.01. The summed E-state index contributed by atoms with van der Waals surface area (Å²) in [6, 6.07) is 0. The quantitative estimate of drug-likeness (QED) is 0.337. The third kappa shape index (κ3) is 10.7. The second kappa shape index (κ2) is 9.04. The molecule has 1 unspecified atom stereocenters. The lowest BCUT2D eigenvalue weighted by Gasteiger charge is -2.33. The van der Waals surface area contributed by atoms with E-state index in [1.54, 1.807) is 13.8 Å². The van der Waals surface area contributed by atoms with E-state index < -0.39 is 29.5 Å². The lowest BCUT2D eigenvalue weighted by atomic mass is 10.0. The largest absolute Gasteiger partial charge is 0.463 e. The normalized spacial score (nSPS) is 15.9. The number of hydrogen-bond acceptors (Lipinski definition) is 7. The van der Waals surface area contributed by atoms with Gasteiger partial charge in [-0.05, 0) is 66.3 Å². The highest BCUT2D eigenvalue weighted by molar-refractivity contribution is 8.55. The Morgan fingerprint density at radius 3 is 2.04 bits per heavy atom. The van der Waals surface area contributed by atoms with E-state index >= 15 is 0 Å². The van der Waals surface area contributed by atoms with Crippen LogP contribution in [0, 0.1) is 0 Å². The van der Waals surface area contributed by atoms with Crippen molar-refractivity contribution in [2.75, 3.05) is 12.4 Å². The van der Waals surface area contributed by atoms with E-state index in [-0.39, 0.29) is 6.61 Å². The van der Waals surface area contributed by atoms with E-state index in [0.29, 0.717) is 5.75 Å². The van der Waals surface area contributed by atoms with Crippen LogP contribution < -0.4 is 5.73 Å². The highest BCUT2D eigenvalue weighted by Gasteiger charge is 2.37. The summed E-state index contributed by atoms with van der Waals surface area (Å²) in [7, 11) is 0. The van der Waals surface area contributed by atoms with Crippen LogP contribution in [0.25, 0.3) is 0 Å². The van der Waals surface area contributed by atoms with Crippen LogP contribution >= 0.6 is 18.2 Å². The van der Waals surface area contributed by atoms with Crippen molar-refractivity contribution in [2.45, 2.75) is 85.0 Å². The number of hydrogen-bond donors (Lipinski definition) is 1. The third-order valence-corrected chi connectivity index (χ3v) is 6.79. The molecule has 0 rings (SSSR count). The second-order valence-electron chi connectivity index (χ2n) is 7.94. The van der Waals surface area contributed by atoms with Gasteiger partial charge in [-0.3, -0.25) is 13.8 Å². The van der Waals surface area contributed by atoms with Crippen LogP contribution in [0.2, 0.25) is 0 Å². The molecular formula is C16H34NO5PS. The molecule has 0 saturated carbocycles. The molecule has 0 saturated heterocycles. The average Bonchev–Trinajstić information content (AvgIpc) is 2.29. The van der Waals surface area contributed by atoms with Crippen LogP contribution in [-0.2, 0) is 23.1 Å². The number of rotatable bonds is 10. The van der Waals surface area contributed by atoms with Crippen LogP contribution in [0.4, 0.5) is 0 Å². The average molecular weight is 383 g/mol. The van der Waals surface area contributed by atoms with Crippen molar-refractivity contribution in [1.29, 1.82) is 0 Å². The first-order valence-electron chi connectivity index (χ1n) is 8.22. The van der Waals surface area contributed by atoms with E-state index in [9.17, 15) is 9.36 Å². The Labute approximate surface area is 150 Å². The van der Waals surface area contributed by atoms with E-state index in [1.807, 2.05) is 41.5 Å². The maximum atomic E-state index is 13.1. The first kappa shape index (κ1) is 23.9. The Bertz CT molecular complexity index is 454. The van der Waals surface area contributed by atoms with Crippen molar-refractivity contribution in [1.82, 2.24) is 0 Å². The van der Waals surface area contributed by atoms with E-state index in [1.165, 1.54) is 0 Å². The number of nitrogens with two attached hydrogens (primary N) is 1. The zero-order chi connectivity index (χ0) is 19.2. The monoisotopic (exact) mass is 383 g/mol. The molecule has 0 aromatic carbocycles. The molecule has 0 aliphatic heterocycles. The van der Waals surface area contributed by atoms with Gasteiger partial charge < -0.3 is 10.5 Å². The van der Waals surface area contributed by atoms with Gasteiger partial charge in [0, 0.05) is 5.75 Å². The lowest BCUT2D eigenvalue weighted by Crippen LogP contribution is -2.43. The van der Waals surface area contributed by atoms with Crippen LogP contribution in [0.15, 0.2) is 0 Å². The minimum Gasteiger partial charge on any atom is -0.463 e. The molecule has 2 N–H and O–H groups in total. The summed E-state index contributed by atoms with van der Waals surface area (Å²) in [4.78, 5) is 11.6.